The second-order valence-electron chi connectivity index (χ2n) is 4.06. The Labute approximate surface area is 133 Å². The second-order valence-corrected chi connectivity index (χ2v) is 6.06. The Kier molecular flexibility index (Phi) is 4.93. The SMILES string of the molecule is COC(=O)C(O)=CC(=O)c1ccc(-c2ccc(Br)cc2)s1. The zero-order valence-electron chi connectivity index (χ0n) is 11.0. The number of methoxy groups -OCH3 is 1. The van der Waals surface area contributed by atoms with Crippen molar-refractivity contribution in [2.24, 2.45) is 0 Å². The van der Waals surface area contributed by atoms with Crippen molar-refractivity contribution in [3.63, 3.8) is 0 Å². The highest BCUT2D eigenvalue weighted by molar-refractivity contribution is 9.10. The number of allylic oxidation sites excluding steroid dienone is 1. The maximum absolute atomic E-state index is 11.9. The smallest absolute Gasteiger partial charge is 0.373 e. The van der Waals surface area contributed by atoms with Crippen LogP contribution in [0, 0.1) is 0 Å². The fraction of sp³-hybridized carbons (Fsp3) is 0.0667. The fourth-order valence-electron chi connectivity index (χ4n) is 1.60. The van der Waals surface area contributed by atoms with Crippen LogP contribution in [0.5, 0.6) is 0 Å². The Morgan fingerprint density at radius 3 is 2.48 bits per heavy atom. The average molecular weight is 367 g/mol. The Balaban J connectivity index is 2.22. The first-order valence-corrected chi connectivity index (χ1v) is 7.51. The summed E-state index contributed by atoms with van der Waals surface area (Å²) in [6.07, 6.45) is 0.864. The van der Waals surface area contributed by atoms with E-state index in [1.807, 2.05) is 30.3 Å². The standard InChI is InChI=1S/C15H11BrO4S/c1-20-15(19)12(18)8-11(17)14-7-6-13(21-14)9-2-4-10(16)5-3-9/h2-8,18H,1H3. The number of carbonyl (C=O) groups excluding carboxylic acids is 2. The molecule has 0 radical (unpaired) electrons. The van der Waals surface area contributed by atoms with Crippen LogP contribution in [0.3, 0.4) is 0 Å². The number of hydrogen-bond donors (Lipinski definition) is 1. The third kappa shape index (κ3) is 3.80. The van der Waals surface area contributed by atoms with Gasteiger partial charge < -0.3 is 9.84 Å². The number of thiophene rings is 1. The molecule has 1 N–H and O–H groups in total. The summed E-state index contributed by atoms with van der Waals surface area (Å²) in [4.78, 5) is 24.3. The van der Waals surface area contributed by atoms with Gasteiger partial charge in [-0.3, -0.25) is 4.79 Å². The van der Waals surface area contributed by atoms with Crippen LogP contribution >= 0.6 is 27.3 Å². The summed E-state index contributed by atoms with van der Waals surface area (Å²) >= 11 is 4.65. The fourth-order valence-corrected chi connectivity index (χ4v) is 2.79. The zero-order valence-corrected chi connectivity index (χ0v) is 13.4. The van der Waals surface area contributed by atoms with Crippen LogP contribution in [0.1, 0.15) is 9.67 Å². The summed E-state index contributed by atoms with van der Waals surface area (Å²) in [5.41, 5.74) is 0.989. The number of halogens is 1. The minimum Gasteiger partial charge on any atom is -0.502 e. The lowest BCUT2D eigenvalue weighted by molar-refractivity contribution is -0.139. The van der Waals surface area contributed by atoms with Crippen molar-refractivity contribution in [3.05, 3.63) is 57.6 Å². The van der Waals surface area contributed by atoms with Crippen molar-refractivity contribution in [1.29, 1.82) is 0 Å². The van der Waals surface area contributed by atoms with E-state index in [1.165, 1.54) is 11.3 Å². The number of hydrogen-bond acceptors (Lipinski definition) is 5. The molecule has 0 amide bonds. The number of carbonyl (C=O) groups is 2. The van der Waals surface area contributed by atoms with E-state index in [1.54, 1.807) is 6.07 Å². The van der Waals surface area contributed by atoms with Gasteiger partial charge in [0.2, 0.25) is 5.76 Å². The van der Waals surface area contributed by atoms with Gasteiger partial charge in [-0.25, -0.2) is 4.79 Å². The molecule has 0 spiro atoms. The lowest BCUT2D eigenvalue weighted by atomic mass is 10.2. The zero-order chi connectivity index (χ0) is 15.4. The van der Waals surface area contributed by atoms with Gasteiger partial charge in [0, 0.05) is 15.4 Å². The van der Waals surface area contributed by atoms with Crippen molar-refractivity contribution in [3.8, 4) is 10.4 Å². The van der Waals surface area contributed by atoms with Gasteiger partial charge in [-0.2, -0.15) is 0 Å². The van der Waals surface area contributed by atoms with Gasteiger partial charge in [0.05, 0.1) is 12.0 Å². The molecule has 1 aromatic heterocycles. The van der Waals surface area contributed by atoms with Crippen molar-refractivity contribution in [1.82, 2.24) is 0 Å². The Morgan fingerprint density at radius 2 is 1.86 bits per heavy atom. The van der Waals surface area contributed by atoms with Crippen LogP contribution in [0.25, 0.3) is 10.4 Å². The summed E-state index contributed by atoms with van der Waals surface area (Å²) in [6.45, 7) is 0. The summed E-state index contributed by atoms with van der Waals surface area (Å²) in [5, 5.41) is 9.37. The van der Waals surface area contributed by atoms with Gasteiger partial charge in [0.15, 0.2) is 5.78 Å². The van der Waals surface area contributed by atoms with Crippen molar-refractivity contribution in [2.45, 2.75) is 0 Å². The van der Waals surface area contributed by atoms with Gasteiger partial charge in [0.1, 0.15) is 0 Å². The van der Waals surface area contributed by atoms with E-state index in [0.29, 0.717) is 4.88 Å². The van der Waals surface area contributed by atoms with E-state index in [2.05, 4.69) is 20.7 Å². The van der Waals surface area contributed by atoms with Crippen LogP contribution in [-0.4, -0.2) is 24.0 Å². The Bertz CT molecular complexity index is 701. The van der Waals surface area contributed by atoms with Crippen molar-refractivity contribution in [2.75, 3.05) is 7.11 Å². The molecule has 0 aliphatic heterocycles. The molecule has 0 aliphatic rings. The van der Waals surface area contributed by atoms with Crippen LogP contribution in [0.15, 0.2) is 52.7 Å². The first-order valence-electron chi connectivity index (χ1n) is 5.90. The molecule has 0 atom stereocenters. The van der Waals surface area contributed by atoms with E-state index in [0.717, 1.165) is 28.1 Å². The average Bonchev–Trinajstić information content (AvgIpc) is 2.97. The van der Waals surface area contributed by atoms with Gasteiger partial charge in [-0.05, 0) is 29.8 Å². The highest BCUT2D eigenvalue weighted by Gasteiger charge is 2.13. The molecule has 1 aromatic carbocycles. The number of benzene rings is 1. The monoisotopic (exact) mass is 366 g/mol. The van der Waals surface area contributed by atoms with Gasteiger partial charge in [-0.15, -0.1) is 11.3 Å². The Hall–Kier alpha value is -1.92. The van der Waals surface area contributed by atoms with Crippen LogP contribution in [0.4, 0.5) is 0 Å². The first-order chi connectivity index (χ1) is 10.0. The molecule has 2 rings (SSSR count). The number of rotatable bonds is 4. The molecular weight excluding hydrogens is 356 g/mol. The number of aliphatic hydroxyl groups is 1. The first kappa shape index (κ1) is 15.5. The number of esters is 1. The molecule has 0 bridgehead atoms. The summed E-state index contributed by atoms with van der Waals surface area (Å²) < 4.78 is 5.30. The lowest BCUT2D eigenvalue weighted by Gasteiger charge is -1.97. The largest absolute Gasteiger partial charge is 0.502 e. The molecule has 108 valence electrons. The highest BCUT2D eigenvalue weighted by Crippen LogP contribution is 2.29. The van der Waals surface area contributed by atoms with Crippen LogP contribution in [0.2, 0.25) is 0 Å². The van der Waals surface area contributed by atoms with Gasteiger partial charge >= 0.3 is 5.97 Å². The molecule has 6 heteroatoms. The number of ketones is 1. The quantitative estimate of drug-likeness (QED) is 0.384. The van der Waals surface area contributed by atoms with Crippen LogP contribution < -0.4 is 0 Å². The molecule has 0 unspecified atom stereocenters. The molecule has 0 saturated carbocycles. The molecular formula is C15H11BrO4S. The van der Waals surface area contributed by atoms with Crippen LogP contribution in [-0.2, 0) is 9.53 Å². The number of ether oxygens (including phenoxy) is 1. The molecule has 2 aromatic rings. The lowest BCUT2D eigenvalue weighted by Crippen LogP contribution is -2.06. The maximum atomic E-state index is 11.9. The third-order valence-electron chi connectivity index (χ3n) is 2.64. The second kappa shape index (κ2) is 6.69. The number of aliphatic hydroxyl groups excluding tert-OH is 1. The summed E-state index contributed by atoms with van der Waals surface area (Å²) in [6, 6.07) is 11.2. The van der Waals surface area contributed by atoms with E-state index >= 15 is 0 Å². The molecule has 0 fully saturated rings. The van der Waals surface area contributed by atoms with E-state index in [-0.39, 0.29) is 0 Å². The van der Waals surface area contributed by atoms with Crippen molar-refractivity contribution < 1.29 is 19.4 Å². The minimum absolute atomic E-state index is 0.434. The topological polar surface area (TPSA) is 63.6 Å². The normalized spacial score (nSPS) is 11.2. The molecule has 0 aliphatic carbocycles. The molecule has 4 nitrogen and oxygen atoms in total. The minimum atomic E-state index is -0.937. The highest BCUT2D eigenvalue weighted by atomic mass is 79.9. The Morgan fingerprint density at radius 1 is 1.19 bits per heavy atom. The predicted molar refractivity (Wildman–Crippen MR) is 84.5 cm³/mol. The van der Waals surface area contributed by atoms with E-state index in [4.69, 9.17) is 0 Å². The third-order valence-corrected chi connectivity index (χ3v) is 4.32. The van der Waals surface area contributed by atoms with E-state index < -0.39 is 17.5 Å². The molecule has 1 heterocycles. The van der Waals surface area contributed by atoms with Gasteiger partial charge in [0.25, 0.3) is 0 Å². The predicted octanol–water partition coefficient (Wildman–Crippen LogP) is 3.98. The maximum Gasteiger partial charge on any atom is 0.373 e. The van der Waals surface area contributed by atoms with Gasteiger partial charge in [-0.1, -0.05) is 28.1 Å². The molecule has 21 heavy (non-hydrogen) atoms. The summed E-state index contributed by atoms with van der Waals surface area (Å²) in [5.74, 6) is -2.08. The van der Waals surface area contributed by atoms with Crippen molar-refractivity contribution >= 4 is 39.0 Å². The summed E-state index contributed by atoms with van der Waals surface area (Å²) in [7, 11) is 1.13. The van der Waals surface area contributed by atoms with E-state index in [9.17, 15) is 14.7 Å². The molecule has 0 saturated heterocycles.